The summed E-state index contributed by atoms with van der Waals surface area (Å²) in [5.74, 6) is 0.601. The van der Waals surface area contributed by atoms with Gasteiger partial charge in [-0.05, 0) is 43.5 Å². The van der Waals surface area contributed by atoms with E-state index in [4.69, 9.17) is 27.9 Å². The van der Waals surface area contributed by atoms with Crippen molar-refractivity contribution >= 4 is 40.7 Å². The third-order valence-electron chi connectivity index (χ3n) is 5.55. The maximum atomic E-state index is 12.5. The van der Waals surface area contributed by atoms with Gasteiger partial charge in [-0.3, -0.25) is 14.5 Å². The van der Waals surface area contributed by atoms with Gasteiger partial charge in [-0.15, -0.1) is 0 Å². The van der Waals surface area contributed by atoms with Crippen molar-refractivity contribution in [3.8, 4) is 5.75 Å². The predicted octanol–water partition coefficient (Wildman–Crippen LogP) is 4.55. The molecule has 8 heteroatoms. The molecule has 1 N–H and O–H groups in total. The number of carbonyl (C=O) groups is 2. The van der Waals surface area contributed by atoms with Gasteiger partial charge >= 0.3 is 0 Å². The molecular formula is C24H29Cl2N3O3. The van der Waals surface area contributed by atoms with Gasteiger partial charge in [0.05, 0.1) is 18.2 Å². The molecule has 0 bridgehead atoms. The van der Waals surface area contributed by atoms with Gasteiger partial charge in [0.2, 0.25) is 11.8 Å². The highest BCUT2D eigenvalue weighted by Gasteiger charge is 2.22. The molecule has 0 aromatic heterocycles. The normalized spacial score (nSPS) is 14.3. The molecule has 0 atom stereocenters. The molecule has 2 aromatic rings. The summed E-state index contributed by atoms with van der Waals surface area (Å²) in [5, 5.41) is 3.85. The smallest absolute Gasteiger partial charge is 0.238 e. The molecule has 172 valence electrons. The molecule has 2 aromatic carbocycles. The number of rotatable bonds is 8. The maximum absolute atomic E-state index is 12.5. The Kier molecular flexibility index (Phi) is 8.79. The second-order valence-electron chi connectivity index (χ2n) is 7.98. The van der Waals surface area contributed by atoms with Gasteiger partial charge in [-0.2, -0.15) is 0 Å². The zero-order valence-corrected chi connectivity index (χ0v) is 20.0. The molecule has 1 fully saturated rings. The SMILES string of the molecule is Cc1cccc(C)c1NC(=O)CN1CCN(C(=O)CCCOc2cccc(Cl)c2Cl)CC1. The van der Waals surface area contributed by atoms with Crippen LogP contribution in [0.5, 0.6) is 5.75 Å². The van der Waals surface area contributed by atoms with E-state index in [1.54, 1.807) is 18.2 Å². The number of hydrogen-bond donors (Lipinski definition) is 1. The molecule has 0 spiro atoms. The van der Waals surface area contributed by atoms with E-state index < -0.39 is 0 Å². The number of ether oxygens (including phenoxy) is 1. The van der Waals surface area contributed by atoms with Crippen LogP contribution in [0.2, 0.25) is 10.0 Å². The minimum Gasteiger partial charge on any atom is -0.492 e. The van der Waals surface area contributed by atoms with Crippen molar-refractivity contribution < 1.29 is 14.3 Å². The zero-order valence-electron chi connectivity index (χ0n) is 18.5. The topological polar surface area (TPSA) is 61.9 Å². The van der Waals surface area contributed by atoms with E-state index in [1.807, 2.05) is 36.9 Å². The third-order valence-corrected chi connectivity index (χ3v) is 6.35. The molecule has 1 aliphatic heterocycles. The summed E-state index contributed by atoms with van der Waals surface area (Å²) in [7, 11) is 0. The number of halogens is 2. The number of para-hydroxylation sites is 1. The van der Waals surface area contributed by atoms with Crippen molar-refractivity contribution in [1.82, 2.24) is 9.80 Å². The van der Waals surface area contributed by atoms with Gasteiger partial charge in [0.15, 0.2) is 0 Å². The summed E-state index contributed by atoms with van der Waals surface area (Å²) in [5.41, 5.74) is 2.98. The Morgan fingerprint density at radius 2 is 1.66 bits per heavy atom. The fraction of sp³-hybridized carbons (Fsp3) is 0.417. The van der Waals surface area contributed by atoms with Crippen LogP contribution in [0.3, 0.4) is 0 Å². The van der Waals surface area contributed by atoms with Crippen LogP contribution >= 0.6 is 23.2 Å². The second kappa shape index (κ2) is 11.5. The molecular weight excluding hydrogens is 449 g/mol. The molecule has 1 heterocycles. The van der Waals surface area contributed by atoms with Crippen molar-refractivity contribution in [3.05, 3.63) is 57.6 Å². The monoisotopic (exact) mass is 477 g/mol. The van der Waals surface area contributed by atoms with Crippen molar-refractivity contribution in [2.45, 2.75) is 26.7 Å². The minimum atomic E-state index is -0.0287. The van der Waals surface area contributed by atoms with E-state index in [-0.39, 0.29) is 11.8 Å². The lowest BCUT2D eigenvalue weighted by Gasteiger charge is -2.34. The Labute approximate surface area is 199 Å². The van der Waals surface area contributed by atoms with E-state index in [2.05, 4.69) is 10.2 Å². The first-order chi connectivity index (χ1) is 15.3. The number of benzene rings is 2. The number of anilines is 1. The first kappa shape index (κ1) is 24.4. The van der Waals surface area contributed by atoms with Gasteiger partial charge in [-0.1, -0.05) is 47.5 Å². The first-order valence-corrected chi connectivity index (χ1v) is 11.5. The van der Waals surface area contributed by atoms with Crippen molar-refractivity contribution in [1.29, 1.82) is 0 Å². The standard InChI is InChI=1S/C24H29Cl2N3O3/c1-17-6-3-7-18(2)24(17)27-21(30)16-28-11-13-29(14-12-28)22(31)10-5-15-32-20-9-4-8-19(25)23(20)26/h3-4,6-9H,5,10-16H2,1-2H3,(H,27,30). The Bertz CT molecular complexity index is 939. The highest BCUT2D eigenvalue weighted by Crippen LogP contribution is 2.31. The number of carbonyl (C=O) groups excluding carboxylic acids is 2. The van der Waals surface area contributed by atoms with E-state index in [0.717, 1.165) is 16.8 Å². The summed E-state index contributed by atoms with van der Waals surface area (Å²) >= 11 is 12.1. The molecule has 0 aliphatic carbocycles. The Hall–Kier alpha value is -2.28. The third kappa shape index (κ3) is 6.61. The number of hydrogen-bond acceptors (Lipinski definition) is 4. The van der Waals surface area contributed by atoms with Gasteiger partial charge in [0.25, 0.3) is 0 Å². The van der Waals surface area contributed by atoms with E-state index >= 15 is 0 Å². The maximum Gasteiger partial charge on any atom is 0.238 e. The summed E-state index contributed by atoms with van der Waals surface area (Å²) in [6.45, 7) is 7.30. The van der Waals surface area contributed by atoms with Crippen molar-refractivity contribution in [3.63, 3.8) is 0 Å². The highest BCUT2D eigenvalue weighted by atomic mass is 35.5. The lowest BCUT2D eigenvalue weighted by molar-refractivity contribution is -0.133. The first-order valence-electron chi connectivity index (χ1n) is 10.8. The second-order valence-corrected chi connectivity index (χ2v) is 8.76. The van der Waals surface area contributed by atoms with Crippen molar-refractivity contribution in [2.24, 2.45) is 0 Å². The lowest BCUT2D eigenvalue weighted by atomic mass is 10.1. The van der Waals surface area contributed by atoms with E-state index in [9.17, 15) is 9.59 Å². The van der Waals surface area contributed by atoms with Crippen molar-refractivity contribution in [2.75, 3.05) is 44.6 Å². The van der Waals surface area contributed by atoms with Crippen LogP contribution in [0, 0.1) is 13.8 Å². The van der Waals surface area contributed by atoms with Gasteiger partial charge < -0.3 is 15.0 Å². The number of nitrogens with one attached hydrogen (secondary N) is 1. The van der Waals surface area contributed by atoms with Crippen LogP contribution in [-0.4, -0.2) is 60.9 Å². The number of amides is 2. The number of nitrogens with zero attached hydrogens (tertiary/aromatic N) is 2. The molecule has 1 saturated heterocycles. The molecule has 3 rings (SSSR count). The Morgan fingerprint density at radius 1 is 1.00 bits per heavy atom. The van der Waals surface area contributed by atoms with Crippen LogP contribution in [0.15, 0.2) is 36.4 Å². The Morgan fingerprint density at radius 3 is 2.34 bits per heavy atom. The average molecular weight is 478 g/mol. The predicted molar refractivity (Wildman–Crippen MR) is 129 cm³/mol. The lowest BCUT2D eigenvalue weighted by Crippen LogP contribution is -2.50. The fourth-order valence-electron chi connectivity index (χ4n) is 3.71. The van der Waals surface area contributed by atoms with Crippen LogP contribution in [0.4, 0.5) is 5.69 Å². The molecule has 0 radical (unpaired) electrons. The summed E-state index contributed by atoms with van der Waals surface area (Å²) < 4.78 is 5.64. The summed E-state index contributed by atoms with van der Waals surface area (Å²) in [4.78, 5) is 28.9. The molecule has 1 aliphatic rings. The number of piperazine rings is 1. The highest BCUT2D eigenvalue weighted by molar-refractivity contribution is 6.42. The average Bonchev–Trinajstić information content (AvgIpc) is 2.77. The van der Waals surface area contributed by atoms with Gasteiger partial charge in [-0.25, -0.2) is 0 Å². The number of aryl methyl sites for hydroxylation is 2. The van der Waals surface area contributed by atoms with Crippen LogP contribution in [0.25, 0.3) is 0 Å². The minimum absolute atomic E-state index is 0.0287. The molecule has 0 unspecified atom stereocenters. The van der Waals surface area contributed by atoms with Crippen LogP contribution < -0.4 is 10.1 Å². The Balaban J connectivity index is 1.36. The zero-order chi connectivity index (χ0) is 23.1. The molecule has 6 nitrogen and oxygen atoms in total. The largest absolute Gasteiger partial charge is 0.492 e. The molecule has 32 heavy (non-hydrogen) atoms. The van der Waals surface area contributed by atoms with Gasteiger partial charge in [0, 0.05) is 38.3 Å². The van der Waals surface area contributed by atoms with Gasteiger partial charge in [0.1, 0.15) is 10.8 Å². The van der Waals surface area contributed by atoms with E-state index in [1.165, 1.54) is 0 Å². The summed E-state index contributed by atoms with van der Waals surface area (Å²) in [6.07, 6.45) is 1.01. The fourth-order valence-corrected chi connectivity index (χ4v) is 4.05. The van der Waals surface area contributed by atoms with Crippen LogP contribution in [0.1, 0.15) is 24.0 Å². The summed E-state index contributed by atoms with van der Waals surface area (Å²) in [6, 6.07) is 11.2. The molecule has 0 saturated carbocycles. The van der Waals surface area contributed by atoms with Crippen LogP contribution in [-0.2, 0) is 9.59 Å². The molecule has 2 amide bonds. The quantitative estimate of drug-likeness (QED) is 0.566. The van der Waals surface area contributed by atoms with E-state index in [0.29, 0.717) is 68.0 Å².